The van der Waals surface area contributed by atoms with Crippen LogP contribution in [-0.4, -0.2) is 21.3 Å². The zero-order valence-electron chi connectivity index (χ0n) is 13.5. The van der Waals surface area contributed by atoms with E-state index in [0.29, 0.717) is 5.92 Å². The summed E-state index contributed by atoms with van der Waals surface area (Å²) in [5, 5.41) is 8.40. The van der Waals surface area contributed by atoms with Crippen LogP contribution in [0.25, 0.3) is 17.1 Å². The molecular formula is C19H20N4. The number of anilines is 1. The molecule has 0 saturated heterocycles. The van der Waals surface area contributed by atoms with Crippen LogP contribution < -0.4 is 5.32 Å². The average molecular weight is 304 g/mol. The van der Waals surface area contributed by atoms with Crippen LogP contribution in [0.3, 0.4) is 0 Å². The highest BCUT2D eigenvalue weighted by atomic mass is 15.3. The summed E-state index contributed by atoms with van der Waals surface area (Å²) in [4.78, 5) is 4.49. The van der Waals surface area contributed by atoms with Crippen molar-refractivity contribution in [3.05, 3.63) is 59.8 Å². The van der Waals surface area contributed by atoms with E-state index in [1.54, 1.807) is 0 Å². The monoisotopic (exact) mass is 304 g/mol. The van der Waals surface area contributed by atoms with Gasteiger partial charge in [0.2, 0.25) is 0 Å². The maximum absolute atomic E-state index is 4.91. The Hall–Kier alpha value is -2.62. The molecule has 0 bridgehead atoms. The average Bonchev–Trinajstić information content (AvgIpc) is 3.18. The van der Waals surface area contributed by atoms with E-state index in [2.05, 4.69) is 53.1 Å². The van der Waals surface area contributed by atoms with Crippen molar-refractivity contribution in [1.82, 2.24) is 14.8 Å². The predicted molar refractivity (Wildman–Crippen MR) is 93.1 cm³/mol. The summed E-state index contributed by atoms with van der Waals surface area (Å²) >= 11 is 0. The first kappa shape index (κ1) is 14.0. The molecule has 0 radical (unpaired) electrons. The topological polar surface area (TPSA) is 42.7 Å². The van der Waals surface area contributed by atoms with Crippen LogP contribution in [0.2, 0.25) is 0 Å². The molecule has 0 aliphatic carbocycles. The van der Waals surface area contributed by atoms with Crippen LogP contribution in [0.15, 0.2) is 48.7 Å². The number of benzene rings is 1. The molecule has 3 heterocycles. The van der Waals surface area contributed by atoms with Gasteiger partial charge in [-0.25, -0.2) is 4.68 Å². The number of para-hydroxylation sites is 1. The molecule has 4 rings (SSSR count). The van der Waals surface area contributed by atoms with E-state index in [-0.39, 0.29) is 0 Å². The molecule has 0 fully saturated rings. The van der Waals surface area contributed by atoms with E-state index in [1.807, 2.05) is 24.4 Å². The van der Waals surface area contributed by atoms with Crippen molar-refractivity contribution in [3.8, 4) is 17.1 Å². The first-order valence-corrected chi connectivity index (χ1v) is 8.12. The van der Waals surface area contributed by atoms with E-state index in [1.165, 1.54) is 11.1 Å². The fourth-order valence-corrected chi connectivity index (χ4v) is 3.23. The molecule has 1 N–H and O–H groups in total. The van der Waals surface area contributed by atoms with Gasteiger partial charge < -0.3 is 5.32 Å². The summed E-state index contributed by atoms with van der Waals surface area (Å²) in [7, 11) is 0. The van der Waals surface area contributed by atoms with Gasteiger partial charge in [0.25, 0.3) is 0 Å². The quantitative estimate of drug-likeness (QED) is 0.794. The lowest BCUT2D eigenvalue weighted by Crippen LogP contribution is -2.07. The Morgan fingerprint density at radius 2 is 1.91 bits per heavy atom. The van der Waals surface area contributed by atoms with Crippen molar-refractivity contribution in [1.29, 1.82) is 0 Å². The number of hydrogen-bond acceptors (Lipinski definition) is 3. The SMILES string of the molecule is CC(C)c1ccccc1-n1nc(-c2ccccn2)c2c1NCC2. The van der Waals surface area contributed by atoms with Gasteiger partial charge >= 0.3 is 0 Å². The third kappa shape index (κ3) is 2.31. The van der Waals surface area contributed by atoms with Crippen molar-refractivity contribution in [2.45, 2.75) is 26.2 Å². The molecular weight excluding hydrogens is 284 g/mol. The molecule has 116 valence electrons. The molecule has 3 aromatic rings. The Bertz CT molecular complexity index is 834. The van der Waals surface area contributed by atoms with Crippen molar-refractivity contribution in [2.24, 2.45) is 0 Å². The maximum Gasteiger partial charge on any atom is 0.133 e. The van der Waals surface area contributed by atoms with Gasteiger partial charge in [-0.1, -0.05) is 38.1 Å². The Labute approximate surface area is 136 Å². The predicted octanol–water partition coefficient (Wildman–Crippen LogP) is 4.03. The molecule has 1 aromatic carbocycles. The van der Waals surface area contributed by atoms with Gasteiger partial charge in [0.15, 0.2) is 0 Å². The number of aromatic nitrogens is 3. The highest BCUT2D eigenvalue weighted by molar-refractivity contribution is 5.71. The van der Waals surface area contributed by atoms with Crippen LogP contribution in [0.1, 0.15) is 30.9 Å². The zero-order valence-corrected chi connectivity index (χ0v) is 13.5. The molecule has 4 nitrogen and oxygen atoms in total. The summed E-state index contributed by atoms with van der Waals surface area (Å²) < 4.78 is 2.06. The van der Waals surface area contributed by atoms with Crippen LogP contribution in [0.5, 0.6) is 0 Å². The summed E-state index contributed by atoms with van der Waals surface area (Å²) in [6, 6.07) is 14.5. The van der Waals surface area contributed by atoms with Crippen molar-refractivity contribution in [2.75, 3.05) is 11.9 Å². The Morgan fingerprint density at radius 3 is 2.70 bits per heavy atom. The van der Waals surface area contributed by atoms with E-state index < -0.39 is 0 Å². The molecule has 0 amide bonds. The lowest BCUT2D eigenvalue weighted by Gasteiger charge is -2.14. The fraction of sp³-hybridized carbons (Fsp3) is 0.263. The largest absolute Gasteiger partial charge is 0.369 e. The van der Waals surface area contributed by atoms with Crippen molar-refractivity contribution in [3.63, 3.8) is 0 Å². The zero-order chi connectivity index (χ0) is 15.8. The fourth-order valence-electron chi connectivity index (χ4n) is 3.23. The van der Waals surface area contributed by atoms with E-state index >= 15 is 0 Å². The molecule has 0 saturated carbocycles. The van der Waals surface area contributed by atoms with Crippen LogP contribution in [-0.2, 0) is 6.42 Å². The first-order valence-electron chi connectivity index (χ1n) is 8.12. The third-order valence-corrected chi connectivity index (χ3v) is 4.35. The molecule has 0 atom stereocenters. The summed E-state index contributed by atoms with van der Waals surface area (Å²) in [6.07, 6.45) is 2.82. The lowest BCUT2D eigenvalue weighted by molar-refractivity contribution is 0.811. The maximum atomic E-state index is 4.91. The van der Waals surface area contributed by atoms with Gasteiger partial charge in [0, 0.05) is 18.3 Å². The second-order valence-electron chi connectivity index (χ2n) is 6.19. The molecule has 4 heteroatoms. The minimum absolute atomic E-state index is 0.450. The van der Waals surface area contributed by atoms with Crippen molar-refractivity contribution >= 4 is 5.82 Å². The molecule has 1 aliphatic heterocycles. The number of nitrogens with zero attached hydrogens (tertiary/aromatic N) is 3. The molecule has 2 aromatic heterocycles. The van der Waals surface area contributed by atoms with Gasteiger partial charge in [-0.05, 0) is 36.1 Å². The molecule has 1 aliphatic rings. The highest BCUT2D eigenvalue weighted by Gasteiger charge is 2.25. The van der Waals surface area contributed by atoms with Gasteiger partial charge in [-0.2, -0.15) is 5.10 Å². The number of hydrogen-bond donors (Lipinski definition) is 1. The number of pyridine rings is 1. The van der Waals surface area contributed by atoms with Crippen LogP contribution >= 0.6 is 0 Å². The van der Waals surface area contributed by atoms with E-state index in [4.69, 9.17) is 5.10 Å². The minimum atomic E-state index is 0.450. The third-order valence-electron chi connectivity index (χ3n) is 4.35. The van der Waals surface area contributed by atoms with Crippen LogP contribution in [0.4, 0.5) is 5.82 Å². The summed E-state index contributed by atoms with van der Waals surface area (Å²) in [6.45, 7) is 5.39. The highest BCUT2D eigenvalue weighted by Crippen LogP contribution is 2.35. The minimum Gasteiger partial charge on any atom is -0.369 e. The van der Waals surface area contributed by atoms with E-state index in [0.717, 1.165) is 35.9 Å². The number of nitrogens with one attached hydrogen (secondary N) is 1. The van der Waals surface area contributed by atoms with E-state index in [9.17, 15) is 0 Å². The van der Waals surface area contributed by atoms with Crippen molar-refractivity contribution < 1.29 is 0 Å². The van der Waals surface area contributed by atoms with Gasteiger partial charge in [-0.15, -0.1) is 0 Å². The molecule has 23 heavy (non-hydrogen) atoms. The smallest absolute Gasteiger partial charge is 0.133 e. The Morgan fingerprint density at radius 1 is 1.09 bits per heavy atom. The Balaban J connectivity index is 1.92. The second kappa shape index (κ2) is 5.54. The number of fused-ring (bicyclic) bond motifs is 1. The number of rotatable bonds is 3. The summed E-state index contributed by atoms with van der Waals surface area (Å²) in [5.74, 6) is 1.56. The molecule has 0 spiro atoms. The van der Waals surface area contributed by atoms with Gasteiger partial charge in [0.05, 0.1) is 11.4 Å². The molecule has 0 unspecified atom stereocenters. The Kier molecular flexibility index (Phi) is 3.37. The second-order valence-corrected chi connectivity index (χ2v) is 6.19. The normalized spacial score (nSPS) is 13.2. The van der Waals surface area contributed by atoms with Crippen LogP contribution in [0, 0.1) is 0 Å². The van der Waals surface area contributed by atoms with Gasteiger partial charge in [0.1, 0.15) is 11.5 Å². The van der Waals surface area contributed by atoms with Gasteiger partial charge in [-0.3, -0.25) is 4.98 Å². The summed E-state index contributed by atoms with van der Waals surface area (Å²) in [5.41, 5.74) is 5.65. The lowest BCUT2D eigenvalue weighted by atomic mass is 10.0. The standard InChI is InChI=1S/C19H20N4/c1-13(2)14-7-3-4-9-17(14)23-19-15(10-12-21-19)18(22-23)16-8-5-6-11-20-16/h3-9,11,13,21H,10,12H2,1-2H3. The first-order chi connectivity index (χ1) is 11.3.